The van der Waals surface area contributed by atoms with Crippen LogP contribution in [0.25, 0.3) is 17.5 Å². The molecule has 3 rings (SSSR count). The lowest BCUT2D eigenvalue weighted by atomic mass is 10.1. The number of nitrogens with one attached hydrogen (secondary N) is 1. The molecule has 5 N–H and O–H groups in total. The van der Waals surface area contributed by atoms with Crippen LogP contribution < -0.4 is 11.3 Å². The highest BCUT2D eigenvalue weighted by atomic mass is 19.4. The van der Waals surface area contributed by atoms with Crippen molar-refractivity contribution >= 4 is 18.0 Å². The van der Waals surface area contributed by atoms with Crippen molar-refractivity contribution in [2.24, 2.45) is 5.73 Å². The van der Waals surface area contributed by atoms with Crippen molar-refractivity contribution in [3.63, 3.8) is 0 Å². The summed E-state index contributed by atoms with van der Waals surface area (Å²) in [4.78, 5) is 39.2. The normalized spacial score (nSPS) is 11.4. The quantitative estimate of drug-likeness (QED) is 0.278. The summed E-state index contributed by atoms with van der Waals surface area (Å²) in [6.45, 7) is 2.18. The topological polar surface area (TPSA) is 150 Å². The first kappa shape index (κ1) is 35.5. The average molecular weight is 603 g/mol. The SMILES string of the molecule is CN(CC=Cc1ccccc1)Cc1ccc(-c2nc(CCN)cc(=O)[nH]2)cc1.O=C(O)C(F)(F)F.O=C(O)C(F)(F)F. The highest BCUT2D eigenvalue weighted by molar-refractivity contribution is 5.73. The number of nitrogens with zero attached hydrogens (tertiary/aromatic N) is 2. The summed E-state index contributed by atoms with van der Waals surface area (Å²) < 4.78 is 63.5. The van der Waals surface area contributed by atoms with Gasteiger partial charge in [-0.1, -0.05) is 66.7 Å². The van der Waals surface area contributed by atoms with Crippen LogP contribution in [0.5, 0.6) is 0 Å². The van der Waals surface area contributed by atoms with Crippen LogP contribution >= 0.6 is 0 Å². The van der Waals surface area contributed by atoms with Gasteiger partial charge in [0.15, 0.2) is 0 Å². The van der Waals surface area contributed by atoms with Gasteiger partial charge in [-0.15, -0.1) is 0 Å². The molecule has 0 unspecified atom stereocenters. The first-order chi connectivity index (χ1) is 19.5. The van der Waals surface area contributed by atoms with E-state index in [0.717, 1.165) is 24.3 Å². The van der Waals surface area contributed by atoms with Gasteiger partial charge in [0.2, 0.25) is 0 Å². The largest absolute Gasteiger partial charge is 0.490 e. The fourth-order valence-corrected chi connectivity index (χ4v) is 3.00. The first-order valence-electron chi connectivity index (χ1n) is 11.9. The summed E-state index contributed by atoms with van der Waals surface area (Å²) in [6, 6.07) is 19.9. The lowest BCUT2D eigenvalue weighted by Gasteiger charge is -2.14. The molecule has 15 heteroatoms. The van der Waals surface area contributed by atoms with E-state index in [2.05, 4.69) is 58.3 Å². The first-order valence-corrected chi connectivity index (χ1v) is 11.9. The van der Waals surface area contributed by atoms with E-state index in [9.17, 15) is 31.1 Å². The van der Waals surface area contributed by atoms with Gasteiger partial charge in [-0.3, -0.25) is 9.69 Å². The van der Waals surface area contributed by atoms with Crippen molar-refractivity contribution in [3.05, 3.63) is 93.9 Å². The summed E-state index contributed by atoms with van der Waals surface area (Å²) in [5.41, 5.74) is 9.45. The van der Waals surface area contributed by atoms with Crippen LogP contribution in [-0.2, 0) is 22.6 Å². The number of hydrogen-bond donors (Lipinski definition) is 4. The van der Waals surface area contributed by atoms with E-state index in [-0.39, 0.29) is 5.56 Å². The molecule has 0 aliphatic heterocycles. The molecule has 2 aromatic carbocycles. The number of likely N-dealkylation sites (N-methyl/N-ethyl adjacent to an activating group) is 1. The molecule has 1 heterocycles. The third kappa shape index (κ3) is 14.2. The lowest BCUT2D eigenvalue weighted by Crippen LogP contribution is -2.21. The van der Waals surface area contributed by atoms with Gasteiger partial charge in [0, 0.05) is 36.8 Å². The molecule has 1 aromatic heterocycles. The van der Waals surface area contributed by atoms with Crippen LogP contribution in [0, 0.1) is 0 Å². The van der Waals surface area contributed by atoms with E-state index >= 15 is 0 Å². The fraction of sp³-hybridized carbons (Fsp3) is 0.259. The highest BCUT2D eigenvalue weighted by Crippen LogP contribution is 2.16. The fourth-order valence-electron chi connectivity index (χ4n) is 3.00. The van der Waals surface area contributed by atoms with Crippen LogP contribution in [0.4, 0.5) is 26.3 Å². The number of rotatable bonds is 8. The molecule has 3 aromatic rings. The number of aromatic nitrogens is 2. The molecule has 0 amide bonds. The Hall–Kier alpha value is -4.50. The molecule has 0 spiro atoms. The van der Waals surface area contributed by atoms with Crippen molar-refractivity contribution in [1.29, 1.82) is 0 Å². The number of H-pyrrole nitrogens is 1. The lowest BCUT2D eigenvalue weighted by molar-refractivity contribution is -0.193. The Morgan fingerprint density at radius 2 is 1.48 bits per heavy atom. The molecule has 0 aliphatic carbocycles. The predicted octanol–water partition coefficient (Wildman–Crippen LogP) is 4.35. The Bertz CT molecular complexity index is 1330. The molecule has 0 fully saturated rings. The number of hydrogen-bond acceptors (Lipinski definition) is 6. The maximum Gasteiger partial charge on any atom is 0.490 e. The zero-order valence-corrected chi connectivity index (χ0v) is 22.1. The van der Waals surface area contributed by atoms with Gasteiger partial charge in [-0.25, -0.2) is 14.6 Å². The second-order valence-corrected chi connectivity index (χ2v) is 8.44. The molecule has 0 atom stereocenters. The minimum atomic E-state index is -5.08. The number of aliphatic carboxylic acids is 2. The van der Waals surface area contributed by atoms with Crippen LogP contribution in [0.3, 0.4) is 0 Å². The maximum absolute atomic E-state index is 11.8. The molecule has 42 heavy (non-hydrogen) atoms. The maximum atomic E-state index is 11.8. The Balaban J connectivity index is 0.000000522. The summed E-state index contributed by atoms with van der Waals surface area (Å²) in [5.74, 6) is -4.93. The van der Waals surface area contributed by atoms with Gasteiger partial charge >= 0.3 is 24.3 Å². The van der Waals surface area contributed by atoms with E-state index < -0.39 is 24.3 Å². The molecule has 9 nitrogen and oxygen atoms in total. The second kappa shape index (κ2) is 16.7. The third-order valence-corrected chi connectivity index (χ3v) is 4.89. The number of alkyl halides is 6. The van der Waals surface area contributed by atoms with Crippen molar-refractivity contribution in [3.8, 4) is 11.4 Å². The second-order valence-electron chi connectivity index (χ2n) is 8.44. The molecular weight excluding hydrogens is 574 g/mol. The highest BCUT2D eigenvalue weighted by Gasteiger charge is 2.38. The number of benzene rings is 2. The predicted molar refractivity (Wildman–Crippen MR) is 142 cm³/mol. The Morgan fingerprint density at radius 1 is 0.952 bits per heavy atom. The van der Waals surface area contributed by atoms with Crippen molar-refractivity contribution in [2.45, 2.75) is 25.3 Å². The molecule has 0 saturated heterocycles. The van der Waals surface area contributed by atoms with Gasteiger partial charge in [-0.05, 0) is 24.7 Å². The molecule has 0 saturated carbocycles. The van der Waals surface area contributed by atoms with Gasteiger partial charge in [-0.2, -0.15) is 26.3 Å². The van der Waals surface area contributed by atoms with Gasteiger partial charge < -0.3 is 20.9 Å². The third-order valence-electron chi connectivity index (χ3n) is 4.89. The molecule has 0 radical (unpaired) electrons. The number of carbonyl (C=O) groups is 2. The van der Waals surface area contributed by atoms with Gasteiger partial charge in [0.05, 0.1) is 0 Å². The van der Waals surface area contributed by atoms with Gasteiger partial charge in [0.25, 0.3) is 5.56 Å². The standard InChI is InChI=1S/C23H26N4O.2C2HF3O2/c1-27(15-5-8-18-6-3-2-4-7-18)17-19-9-11-20(12-10-19)23-25-21(13-14-24)16-22(28)26-23;2*3-2(4,5)1(6)7/h2-12,16H,13-15,17,24H2,1H3,(H,25,26,28);2*(H,6,7). The zero-order chi connectivity index (χ0) is 31.9. The summed E-state index contributed by atoms with van der Waals surface area (Å²) in [7, 11) is 2.10. The molecule has 228 valence electrons. The molecule has 0 bridgehead atoms. The monoisotopic (exact) mass is 602 g/mol. The summed E-state index contributed by atoms with van der Waals surface area (Å²) >= 11 is 0. The Kier molecular flexibility index (Phi) is 14.1. The number of carboxylic acids is 2. The smallest absolute Gasteiger partial charge is 0.475 e. The Morgan fingerprint density at radius 3 is 1.95 bits per heavy atom. The number of halogens is 6. The number of nitrogens with two attached hydrogens (primary N) is 1. The minimum Gasteiger partial charge on any atom is -0.475 e. The summed E-state index contributed by atoms with van der Waals surface area (Å²) in [5, 5.41) is 14.2. The Labute approximate surface area is 235 Å². The zero-order valence-electron chi connectivity index (χ0n) is 22.1. The van der Waals surface area contributed by atoms with E-state index in [1.54, 1.807) is 0 Å². The van der Waals surface area contributed by atoms with Crippen molar-refractivity contribution in [2.75, 3.05) is 20.1 Å². The number of aromatic amines is 1. The van der Waals surface area contributed by atoms with Crippen LogP contribution in [0.2, 0.25) is 0 Å². The molecule has 0 aliphatic rings. The van der Waals surface area contributed by atoms with Crippen molar-refractivity contribution in [1.82, 2.24) is 14.9 Å². The number of carboxylic acid groups (broad SMARTS) is 2. The summed E-state index contributed by atoms with van der Waals surface area (Å²) in [6.07, 6.45) is -5.27. The van der Waals surface area contributed by atoms with Gasteiger partial charge in [0.1, 0.15) is 5.82 Å². The molecular formula is C27H28F6N4O5. The van der Waals surface area contributed by atoms with Crippen molar-refractivity contribution < 1.29 is 46.1 Å². The average Bonchev–Trinajstić information content (AvgIpc) is 2.89. The van der Waals surface area contributed by atoms with Crippen LogP contribution in [0.1, 0.15) is 16.8 Å². The van der Waals surface area contributed by atoms with E-state index in [1.165, 1.54) is 17.2 Å². The minimum absolute atomic E-state index is 0.150. The van der Waals surface area contributed by atoms with Crippen LogP contribution in [-0.4, -0.2) is 69.5 Å². The van der Waals surface area contributed by atoms with Crippen LogP contribution in [0.15, 0.2) is 71.5 Å². The van der Waals surface area contributed by atoms with E-state index in [0.29, 0.717) is 18.8 Å². The van der Waals surface area contributed by atoms with E-state index in [4.69, 9.17) is 25.5 Å². The van der Waals surface area contributed by atoms with E-state index in [1.807, 2.05) is 30.3 Å².